The van der Waals surface area contributed by atoms with Gasteiger partial charge in [0.15, 0.2) is 0 Å². The molecule has 3 heterocycles. The van der Waals surface area contributed by atoms with Gasteiger partial charge in [-0.2, -0.15) is 4.98 Å². The molecule has 4 rings (SSSR count). The molecule has 0 spiro atoms. The molecule has 0 bridgehead atoms. The zero-order chi connectivity index (χ0) is 20.4. The average Bonchev–Trinajstić information content (AvgIpc) is 2.72. The van der Waals surface area contributed by atoms with Crippen LogP contribution in [-0.4, -0.2) is 53.1 Å². The molecule has 0 aliphatic carbocycles. The number of pyridine rings is 1. The highest BCUT2D eigenvalue weighted by atomic mass is 16.5. The monoisotopic (exact) mass is 392 g/mol. The summed E-state index contributed by atoms with van der Waals surface area (Å²) in [6.07, 6.45) is 5.00. The van der Waals surface area contributed by atoms with Crippen LogP contribution >= 0.6 is 0 Å². The third-order valence-electron chi connectivity index (χ3n) is 4.97. The Balaban J connectivity index is 1.77. The molecule has 2 aromatic heterocycles. The second-order valence-electron chi connectivity index (χ2n) is 7.31. The fourth-order valence-electron chi connectivity index (χ4n) is 3.80. The average molecular weight is 392 g/mol. The first-order valence-corrected chi connectivity index (χ1v) is 9.61. The van der Waals surface area contributed by atoms with Gasteiger partial charge in [0, 0.05) is 60.5 Å². The molecule has 1 saturated heterocycles. The van der Waals surface area contributed by atoms with Crippen LogP contribution in [0.5, 0.6) is 6.01 Å². The fraction of sp³-hybridized carbons (Fsp3) is 0.333. The molecule has 1 aromatic carbocycles. The lowest BCUT2D eigenvalue weighted by Crippen LogP contribution is -2.54. The summed E-state index contributed by atoms with van der Waals surface area (Å²) in [5.41, 5.74) is 2.73. The van der Waals surface area contributed by atoms with E-state index < -0.39 is 0 Å². The van der Waals surface area contributed by atoms with E-state index in [1.54, 1.807) is 30.7 Å². The Kier molecular flexibility index (Phi) is 5.26. The van der Waals surface area contributed by atoms with E-state index in [0.717, 1.165) is 24.2 Å². The molecule has 150 valence electrons. The van der Waals surface area contributed by atoms with Crippen LogP contribution in [0.15, 0.2) is 42.9 Å². The largest absolute Gasteiger partial charge is 0.467 e. The number of methoxy groups -OCH3 is 1. The van der Waals surface area contributed by atoms with E-state index in [4.69, 9.17) is 4.74 Å². The maximum atomic E-state index is 13.0. The number of piperazine rings is 1. The van der Waals surface area contributed by atoms with Crippen LogP contribution in [0.2, 0.25) is 0 Å². The number of nitrogens with one attached hydrogen (secondary N) is 2. The molecule has 3 aromatic rings. The Bertz CT molecular complexity index is 1020. The summed E-state index contributed by atoms with van der Waals surface area (Å²) in [7, 11) is 1.52. The molecule has 2 unspecified atom stereocenters. The summed E-state index contributed by atoms with van der Waals surface area (Å²) < 4.78 is 5.21. The van der Waals surface area contributed by atoms with Crippen molar-refractivity contribution in [1.82, 2.24) is 20.3 Å². The number of aromatic nitrogens is 3. The van der Waals surface area contributed by atoms with Gasteiger partial charge in [0.25, 0.3) is 5.91 Å². The van der Waals surface area contributed by atoms with Crippen molar-refractivity contribution in [3.05, 3.63) is 48.4 Å². The summed E-state index contributed by atoms with van der Waals surface area (Å²) in [6, 6.07) is 8.24. The number of hydrogen-bond acceptors (Lipinski definition) is 7. The summed E-state index contributed by atoms with van der Waals surface area (Å²) in [5, 5.41) is 7.27. The molecule has 2 atom stereocenters. The van der Waals surface area contributed by atoms with Crippen LogP contribution in [0, 0.1) is 0 Å². The van der Waals surface area contributed by atoms with E-state index in [0.29, 0.717) is 28.9 Å². The molecule has 0 radical (unpaired) electrons. The number of ether oxygens (including phenoxy) is 1. The molecule has 1 amide bonds. The molecule has 8 heteroatoms. The number of nitrogens with zero attached hydrogens (tertiary/aromatic N) is 4. The van der Waals surface area contributed by atoms with Crippen LogP contribution in [0.3, 0.4) is 0 Å². The van der Waals surface area contributed by atoms with Crippen molar-refractivity contribution in [3.63, 3.8) is 0 Å². The van der Waals surface area contributed by atoms with Gasteiger partial charge in [-0.3, -0.25) is 9.78 Å². The van der Waals surface area contributed by atoms with E-state index in [9.17, 15) is 4.79 Å². The topological polar surface area (TPSA) is 92.3 Å². The highest BCUT2D eigenvalue weighted by Crippen LogP contribution is 2.30. The maximum absolute atomic E-state index is 13.0. The Hall–Kier alpha value is -3.26. The van der Waals surface area contributed by atoms with Gasteiger partial charge in [0.05, 0.1) is 18.2 Å². The Morgan fingerprint density at radius 2 is 1.90 bits per heavy atom. The second-order valence-corrected chi connectivity index (χ2v) is 7.31. The number of amides is 1. The molecule has 2 N–H and O–H groups in total. The van der Waals surface area contributed by atoms with Gasteiger partial charge < -0.3 is 20.3 Å². The van der Waals surface area contributed by atoms with Crippen LogP contribution < -0.4 is 20.3 Å². The number of carbonyl (C=O) groups is 1. The van der Waals surface area contributed by atoms with Crippen molar-refractivity contribution in [2.45, 2.75) is 25.9 Å². The Morgan fingerprint density at radius 3 is 2.59 bits per heavy atom. The summed E-state index contributed by atoms with van der Waals surface area (Å²) in [4.78, 5) is 28.0. The van der Waals surface area contributed by atoms with Crippen LogP contribution in [0.25, 0.3) is 10.9 Å². The van der Waals surface area contributed by atoms with Gasteiger partial charge in [0.2, 0.25) is 0 Å². The van der Waals surface area contributed by atoms with Crippen molar-refractivity contribution in [3.8, 4) is 6.01 Å². The van der Waals surface area contributed by atoms with E-state index in [1.807, 2.05) is 12.1 Å². The normalized spacial score (nSPS) is 19.2. The number of hydrogen-bond donors (Lipinski definition) is 2. The fourth-order valence-corrected chi connectivity index (χ4v) is 3.80. The van der Waals surface area contributed by atoms with E-state index in [1.165, 1.54) is 7.11 Å². The molecule has 29 heavy (non-hydrogen) atoms. The minimum atomic E-state index is -0.240. The second kappa shape index (κ2) is 8.00. The zero-order valence-electron chi connectivity index (χ0n) is 16.7. The number of anilines is 2. The molecular weight excluding hydrogens is 368 g/mol. The first kappa shape index (κ1) is 19.1. The minimum absolute atomic E-state index is 0.231. The highest BCUT2D eigenvalue weighted by molar-refractivity contribution is 6.13. The lowest BCUT2D eigenvalue weighted by molar-refractivity contribution is 0.102. The predicted octanol–water partition coefficient (Wildman–Crippen LogP) is 2.47. The zero-order valence-corrected chi connectivity index (χ0v) is 16.7. The summed E-state index contributed by atoms with van der Waals surface area (Å²) in [5.74, 6) is -0.240. The van der Waals surface area contributed by atoms with Gasteiger partial charge in [-0.1, -0.05) is 0 Å². The van der Waals surface area contributed by atoms with Gasteiger partial charge in [0.1, 0.15) is 0 Å². The predicted molar refractivity (Wildman–Crippen MR) is 113 cm³/mol. The Labute approximate surface area is 169 Å². The number of benzene rings is 1. The molecule has 1 aliphatic heterocycles. The number of carbonyl (C=O) groups excluding carboxylic acids is 1. The SMILES string of the molecule is COc1ncc2c(N3CC(C)NC(C)C3)ccc(C(=O)Nc3ccncc3)c2n1. The van der Waals surface area contributed by atoms with Crippen molar-refractivity contribution in [2.24, 2.45) is 0 Å². The van der Waals surface area contributed by atoms with Crippen LogP contribution in [0.1, 0.15) is 24.2 Å². The van der Waals surface area contributed by atoms with Gasteiger partial charge in [-0.15, -0.1) is 0 Å². The summed E-state index contributed by atoms with van der Waals surface area (Å²) >= 11 is 0. The van der Waals surface area contributed by atoms with Gasteiger partial charge in [-0.25, -0.2) is 4.98 Å². The lowest BCUT2D eigenvalue weighted by atomic mass is 10.0. The van der Waals surface area contributed by atoms with Gasteiger partial charge >= 0.3 is 6.01 Å². The van der Waals surface area contributed by atoms with Crippen molar-refractivity contribution in [2.75, 3.05) is 30.4 Å². The maximum Gasteiger partial charge on any atom is 0.316 e. The standard InChI is InChI=1S/C21H24N6O2/c1-13-11-27(12-14(2)24-13)18-5-4-16(19-17(18)10-23-21(26-19)29-3)20(28)25-15-6-8-22-9-7-15/h4-10,13-14,24H,11-12H2,1-3H3,(H,22,25,28). The molecular formula is C21H24N6O2. The molecule has 1 aliphatic rings. The number of rotatable bonds is 4. The third-order valence-corrected chi connectivity index (χ3v) is 4.97. The first-order chi connectivity index (χ1) is 14.0. The van der Waals surface area contributed by atoms with Gasteiger partial charge in [-0.05, 0) is 38.1 Å². The highest BCUT2D eigenvalue weighted by Gasteiger charge is 2.24. The van der Waals surface area contributed by atoms with E-state index in [2.05, 4.69) is 44.3 Å². The lowest BCUT2D eigenvalue weighted by Gasteiger charge is -2.38. The quantitative estimate of drug-likeness (QED) is 0.705. The third kappa shape index (κ3) is 3.97. The molecule has 0 saturated carbocycles. The first-order valence-electron chi connectivity index (χ1n) is 9.61. The van der Waals surface area contributed by atoms with Crippen molar-refractivity contribution in [1.29, 1.82) is 0 Å². The molecule has 8 nitrogen and oxygen atoms in total. The smallest absolute Gasteiger partial charge is 0.316 e. The van der Waals surface area contributed by atoms with Crippen molar-refractivity contribution < 1.29 is 9.53 Å². The minimum Gasteiger partial charge on any atom is -0.467 e. The van der Waals surface area contributed by atoms with Crippen molar-refractivity contribution >= 4 is 28.2 Å². The summed E-state index contributed by atoms with van der Waals surface area (Å²) in [6.45, 7) is 6.07. The Morgan fingerprint density at radius 1 is 1.17 bits per heavy atom. The van der Waals surface area contributed by atoms with Crippen LogP contribution in [-0.2, 0) is 0 Å². The van der Waals surface area contributed by atoms with Crippen LogP contribution in [0.4, 0.5) is 11.4 Å². The number of fused-ring (bicyclic) bond motifs is 1. The molecule has 1 fully saturated rings. The van der Waals surface area contributed by atoms with E-state index >= 15 is 0 Å². The van der Waals surface area contributed by atoms with E-state index in [-0.39, 0.29) is 11.9 Å².